The summed E-state index contributed by atoms with van der Waals surface area (Å²) in [5.41, 5.74) is 2.95. The summed E-state index contributed by atoms with van der Waals surface area (Å²) in [7, 11) is 3.53. The number of likely N-dealkylation sites (tertiary alicyclic amines) is 2. The van der Waals surface area contributed by atoms with Crippen LogP contribution < -0.4 is 0 Å². The molecule has 2 aliphatic rings. The van der Waals surface area contributed by atoms with Gasteiger partial charge in [0.15, 0.2) is 0 Å². The van der Waals surface area contributed by atoms with E-state index in [1.54, 1.807) is 31.1 Å². The van der Waals surface area contributed by atoms with Crippen LogP contribution >= 0.6 is 0 Å². The molecule has 2 amide bonds. The summed E-state index contributed by atoms with van der Waals surface area (Å²) in [6.07, 6.45) is 0. The zero-order valence-electron chi connectivity index (χ0n) is 16.9. The number of aryl methyl sites for hydroxylation is 2. The van der Waals surface area contributed by atoms with Crippen LogP contribution in [0.5, 0.6) is 0 Å². The first kappa shape index (κ1) is 18.9. The second-order valence-corrected chi connectivity index (χ2v) is 8.25. The molecule has 0 bridgehead atoms. The third-order valence-corrected chi connectivity index (χ3v) is 6.12. The first-order chi connectivity index (χ1) is 13.3. The van der Waals surface area contributed by atoms with Gasteiger partial charge in [0.05, 0.1) is 11.7 Å². The summed E-state index contributed by atoms with van der Waals surface area (Å²) in [4.78, 5) is 18.7. The van der Waals surface area contributed by atoms with E-state index < -0.39 is 0 Å². The molecule has 7 heteroatoms. The van der Waals surface area contributed by atoms with Gasteiger partial charge in [0.25, 0.3) is 0 Å². The smallest absolute Gasteiger partial charge is 0.320 e. The minimum Gasteiger partial charge on any atom is -0.361 e. The Morgan fingerprint density at radius 2 is 2.07 bits per heavy atom. The standard InChI is InChI=1S/C21H27FN4O2/c1-13-18(14(2)28-23-13)11-25-9-16-10-26(21(27)24(3)4)20(19(16)12-25)15-6-5-7-17(22)8-15/h5-8,16,19-20H,9-12H2,1-4H3/t16-,19-,20-/m1/s1. The van der Waals surface area contributed by atoms with Gasteiger partial charge in [-0.2, -0.15) is 0 Å². The van der Waals surface area contributed by atoms with E-state index in [2.05, 4.69) is 10.1 Å². The van der Waals surface area contributed by atoms with E-state index in [0.29, 0.717) is 12.5 Å². The number of hydrogen-bond donors (Lipinski definition) is 0. The largest absolute Gasteiger partial charge is 0.361 e. The monoisotopic (exact) mass is 386 g/mol. The van der Waals surface area contributed by atoms with Crippen molar-refractivity contribution in [1.82, 2.24) is 19.9 Å². The number of benzene rings is 1. The van der Waals surface area contributed by atoms with Crippen molar-refractivity contribution in [2.24, 2.45) is 11.8 Å². The van der Waals surface area contributed by atoms with Crippen molar-refractivity contribution in [3.8, 4) is 0 Å². The van der Waals surface area contributed by atoms with Crippen molar-refractivity contribution < 1.29 is 13.7 Å². The van der Waals surface area contributed by atoms with Crippen LogP contribution in [0.1, 0.15) is 28.6 Å². The second-order valence-electron chi connectivity index (χ2n) is 8.25. The summed E-state index contributed by atoms with van der Waals surface area (Å²) in [6, 6.07) is 6.56. The molecule has 0 radical (unpaired) electrons. The molecule has 1 aromatic carbocycles. The third kappa shape index (κ3) is 3.28. The fraction of sp³-hybridized carbons (Fsp3) is 0.524. The summed E-state index contributed by atoms with van der Waals surface area (Å²) >= 11 is 0. The average molecular weight is 386 g/mol. The summed E-state index contributed by atoms with van der Waals surface area (Å²) in [6.45, 7) is 7.19. The van der Waals surface area contributed by atoms with Crippen LogP contribution in [0.15, 0.2) is 28.8 Å². The van der Waals surface area contributed by atoms with Gasteiger partial charge < -0.3 is 14.3 Å². The minimum absolute atomic E-state index is 0.0130. The lowest BCUT2D eigenvalue weighted by atomic mass is 9.89. The lowest BCUT2D eigenvalue weighted by Gasteiger charge is -2.32. The molecule has 0 unspecified atom stereocenters. The van der Waals surface area contributed by atoms with Crippen molar-refractivity contribution in [3.63, 3.8) is 0 Å². The number of halogens is 1. The summed E-state index contributed by atoms with van der Waals surface area (Å²) < 4.78 is 19.2. The average Bonchev–Trinajstić information content (AvgIpc) is 3.29. The zero-order chi connectivity index (χ0) is 20.0. The predicted molar refractivity (Wildman–Crippen MR) is 103 cm³/mol. The molecule has 2 saturated heterocycles. The van der Waals surface area contributed by atoms with Gasteiger partial charge in [-0.1, -0.05) is 17.3 Å². The van der Waals surface area contributed by atoms with Crippen molar-refractivity contribution in [2.45, 2.75) is 26.4 Å². The topological polar surface area (TPSA) is 52.8 Å². The molecule has 2 aromatic rings. The van der Waals surface area contributed by atoms with Gasteiger partial charge in [0.2, 0.25) is 0 Å². The number of carbonyl (C=O) groups excluding carboxylic acids is 1. The summed E-state index contributed by atoms with van der Waals surface area (Å²) in [5.74, 6) is 1.26. The van der Waals surface area contributed by atoms with Crippen molar-refractivity contribution in [1.29, 1.82) is 0 Å². The number of fused-ring (bicyclic) bond motifs is 1. The van der Waals surface area contributed by atoms with E-state index in [-0.39, 0.29) is 23.8 Å². The molecule has 0 aliphatic carbocycles. The maximum atomic E-state index is 13.9. The van der Waals surface area contributed by atoms with Crippen molar-refractivity contribution in [3.05, 3.63) is 52.7 Å². The fourth-order valence-electron chi connectivity index (χ4n) is 4.79. The van der Waals surface area contributed by atoms with Gasteiger partial charge in [-0.3, -0.25) is 4.90 Å². The highest BCUT2D eigenvalue weighted by molar-refractivity contribution is 5.75. The number of aromatic nitrogens is 1. The number of rotatable bonds is 3. The Bertz CT molecular complexity index is 862. The van der Waals surface area contributed by atoms with Crippen LogP contribution in [0.2, 0.25) is 0 Å². The van der Waals surface area contributed by atoms with Gasteiger partial charge in [-0.05, 0) is 37.5 Å². The molecule has 0 spiro atoms. The van der Waals surface area contributed by atoms with Crippen LogP contribution in [0.3, 0.4) is 0 Å². The van der Waals surface area contributed by atoms with Crippen LogP contribution in [0.4, 0.5) is 9.18 Å². The van der Waals surface area contributed by atoms with Gasteiger partial charge >= 0.3 is 6.03 Å². The molecule has 0 saturated carbocycles. The number of carbonyl (C=O) groups is 1. The van der Waals surface area contributed by atoms with Crippen LogP contribution in [0, 0.1) is 31.5 Å². The molecular weight excluding hydrogens is 359 g/mol. The SMILES string of the molecule is Cc1noc(C)c1CN1C[C@@H]2CN(C(=O)N(C)C)[C@H](c3cccc(F)c3)[C@@H]2C1. The zero-order valence-corrected chi connectivity index (χ0v) is 16.9. The molecule has 6 nitrogen and oxygen atoms in total. The Morgan fingerprint density at radius 3 is 2.71 bits per heavy atom. The maximum absolute atomic E-state index is 13.9. The molecule has 28 heavy (non-hydrogen) atoms. The second kappa shape index (κ2) is 7.20. The molecule has 2 aliphatic heterocycles. The molecule has 3 atom stereocenters. The van der Waals surface area contributed by atoms with Crippen molar-refractivity contribution in [2.75, 3.05) is 33.7 Å². The Morgan fingerprint density at radius 1 is 1.29 bits per heavy atom. The molecule has 3 heterocycles. The summed E-state index contributed by atoms with van der Waals surface area (Å²) in [5, 5.41) is 4.06. The highest BCUT2D eigenvalue weighted by Gasteiger charge is 2.49. The number of urea groups is 1. The highest BCUT2D eigenvalue weighted by Crippen LogP contribution is 2.45. The third-order valence-electron chi connectivity index (χ3n) is 6.12. The number of amides is 2. The molecular formula is C21H27FN4O2. The van der Waals surface area contributed by atoms with E-state index in [1.807, 2.05) is 24.8 Å². The normalized spacial score (nSPS) is 24.6. The van der Waals surface area contributed by atoms with E-state index in [0.717, 1.165) is 42.2 Å². The molecule has 4 rings (SSSR count). The lowest BCUT2D eigenvalue weighted by molar-refractivity contribution is 0.151. The Labute approximate surface area is 164 Å². The van der Waals surface area contributed by atoms with E-state index in [1.165, 1.54) is 6.07 Å². The van der Waals surface area contributed by atoms with Gasteiger partial charge in [0.1, 0.15) is 11.6 Å². The maximum Gasteiger partial charge on any atom is 0.320 e. The first-order valence-electron chi connectivity index (χ1n) is 9.72. The lowest BCUT2D eigenvalue weighted by Crippen LogP contribution is -2.41. The predicted octanol–water partition coefficient (Wildman–Crippen LogP) is 3.22. The Hall–Kier alpha value is -2.41. The fourth-order valence-corrected chi connectivity index (χ4v) is 4.79. The van der Waals surface area contributed by atoms with Crippen LogP contribution in [-0.2, 0) is 6.54 Å². The minimum atomic E-state index is -0.260. The van der Waals surface area contributed by atoms with Gasteiger partial charge in [-0.15, -0.1) is 0 Å². The van der Waals surface area contributed by atoms with E-state index in [4.69, 9.17) is 4.52 Å². The van der Waals surface area contributed by atoms with E-state index in [9.17, 15) is 9.18 Å². The van der Waals surface area contributed by atoms with Crippen molar-refractivity contribution >= 4 is 6.03 Å². The first-order valence-corrected chi connectivity index (χ1v) is 9.72. The Balaban J connectivity index is 1.59. The molecule has 1 aromatic heterocycles. The highest BCUT2D eigenvalue weighted by atomic mass is 19.1. The number of hydrogen-bond acceptors (Lipinski definition) is 4. The van der Waals surface area contributed by atoms with Crippen LogP contribution in [-0.4, -0.2) is 59.6 Å². The van der Waals surface area contributed by atoms with Gasteiger partial charge in [0, 0.05) is 51.8 Å². The van der Waals surface area contributed by atoms with Gasteiger partial charge in [-0.25, -0.2) is 9.18 Å². The molecule has 2 fully saturated rings. The Kier molecular flexibility index (Phi) is 4.87. The van der Waals surface area contributed by atoms with E-state index >= 15 is 0 Å². The quantitative estimate of drug-likeness (QED) is 0.813. The number of nitrogens with zero attached hydrogens (tertiary/aromatic N) is 4. The van der Waals surface area contributed by atoms with Crippen LogP contribution in [0.25, 0.3) is 0 Å². The molecule has 0 N–H and O–H groups in total. The molecule has 150 valence electrons.